The van der Waals surface area contributed by atoms with Gasteiger partial charge in [-0.2, -0.15) is 0 Å². The topological polar surface area (TPSA) is 123 Å². The van der Waals surface area contributed by atoms with Gasteiger partial charge >= 0.3 is 12.2 Å². The lowest BCUT2D eigenvalue weighted by atomic mass is 10.2. The number of rotatable bonds is 2. The van der Waals surface area contributed by atoms with E-state index < -0.39 is 12.2 Å². The number of piperidine rings is 1. The highest BCUT2D eigenvalue weighted by Gasteiger charge is 2.14. The first-order chi connectivity index (χ1) is 9.58. The molecule has 2 rings (SSSR count). The zero-order valence-electron chi connectivity index (χ0n) is 11.3. The monoisotopic (exact) mass is 290 g/mol. The molecule has 9 heteroatoms. The van der Waals surface area contributed by atoms with Crippen molar-refractivity contribution in [3.05, 3.63) is 0 Å². The van der Waals surface area contributed by atoms with Gasteiger partial charge in [0, 0.05) is 26.2 Å². The van der Waals surface area contributed by atoms with Crippen LogP contribution < -0.4 is 16.1 Å². The number of carboxylic acid groups (broad SMARTS) is 2. The Bertz CT molecular complexity index is 273. The second-order valence-corrected chi connectivity index (χ2v) is 4.48. The van der Waals surface area contributed by atoms with Gasteiger partial charge in [-0.05, 0) is 12.8 Å². The third-order valence-corrected chi connectivity index (χ3v) is 2.82. The van der Waals surface area contributed by atoms with Gasteiger partial charge in [-0.1, -0.05) is 6.42 Å². The maximum atomic E-state index is 10.1. The summed E-state index contributed by atoms with van der Waals surface area (Å²) < 4.78 is 5.03. The lowest BCUT2D eigenvalue weighted by Crippen LogP contribution is -2.48. The molecule has 0 radical (unpaired) electrons. The first-order valence-corrected chi connectivity index (χ1v) is 6.64. The van der Waals surface area contributed by atoms with E-state index in [2.05, 4.69) is 16.1 Å². The molecule has 0 saturated carbocycles. The Morgan fingerprint density at radius 1 is 1.15 bits per heavy atom. The van der Waals surface area contributed by atoms with E-state index in [1.165, 1.54) is 6.42 Å². The van der Waals surface area contributed by atoms with Gasteiger partial charge in [-0.15, -0.1) is 0 Å². The molecule has 0 aromatic rings. The number of nitrogens with zero attached hydrogens (tertiary/aromatic N) is 1. The largest absolute Gasteiger partial charge is 0.465 e. The van der Waals surface area contributed by atoms with E-state index in [-0.39, 0.29) is 6.23 Å². The average Bonchev–Trinajstić information content (AvgIpc) is 2.40. The molecule has 9 nitrogen and oxygen atoms in total. The highest BCUT2D eigenvalue weighted by atomic mass is 16.5. The first kappa shape index (κ1) is 16.5. The molecule has 1 unspecified atom stereocenters. The zero-order chi connectivity index (χ0) is 14.8. The van der Waals surface area contributed by atoms with Crippen molar-refractivity contribution < 1.29 is 24.5 Å². The summed E-state index contributed by atoms with van der Waals surface area (Å²) in [7, 11) is 0. The van der Waals surface area contributed by atoms with Gasteiger partial charge in [0.2, 0.25) is 0 Å². The highest BCUT2D eigenvalue weighted by Crippen LogP contribution is 2.05. The van der Waals surface area contributed by atoms with E-state index >= 15 is 0 Å². The van der Waals surface area contributed by atoms with E-state index in [1.54, 1.807) is 5.01 Å². The van der Waals surface area contributed by atoms with Crippen molar-refractivity contribution in [1.82, 2.24) is 21.1 Å². The van der Waals surface area contributed by atoms with Crippen LogP contribution in [0.25, 0.3) is 0 Å². The molecule has 0 aromatic carbocycles. The standard InChI is InChI=1S/C6H12N2O2.C5H10N2O3/c9-6(10)7-8-4-2-1-3-5-8;8-5(9)7-4-3-6-1-2-10-4/h7H,1-5H2,(H,9,10);4,6-7H,1-3H2,(H,8,9). The molecular weight excluding hydrogens is 268 g/mol. The van der Waals surface area contributed by atoms with Gasteiger partial charge < -0.3 is 20.3 Å². The summed E-state index contributed by atoms with van der Waals surface area (Å²) in [6.07, 6.45) is 1.03. The van der Waals surface area contributed by atoms with E-state index in [0.717, 1.165) is 32.5 Å². The fourth-order valence-corrected chi connectivity index (χ4v) is 1.94. The Morgan fingerprint density at radius 3 is 2.35 bits per heavy atom. The number of nitrogens with one attached hydrogen (secondary N) is 3. The third kappa shape index (κ3) is 7.77. The van der Waals surface area contributed by atoms with Crippen molar-refractivity contribution in [2.45, 2.75) is 25.5 Å². The number of morpholine rings is 1. The minimum absolute atomic E-state index is 0.383. The van der Waals surface area contributed by atoms with Crippen molar-refractivity contribution in [1.29, 1.82) is 0 Å². The zero-order valence-corrected chi connectivity index (χ0v) is 11.3. The van der Waals surface area contributed by atoms with Gasteiger partial charge in [0.15, 0.2) is 0 Å². The van der Waals surface area contributed by atoms with Gasteiger partial charge in [0.05, 0.1) is 6.61 Å². The lowest BCUT2D eigenvalue weighted by molar-refractivity contribution is 0.00968. The molecule has 0 spiro atoms. The van der Waals surface area contributed by atoms with Crippen LogP contribution in [0.15, 0.2) is 0 Å². The van der Waals surface area contributed by atoms with Crippen LogP contribution in [0.3, 0.4) is 0 Å². The average molecular weight is 290 g/mol. The summed E-state index contributed by atoms with van der Waals surface area (Å²) in [6, 6.07) is 0. The van der Waals surface area contributed by atoms with E-state index in [0.29, 0.717) is 13.2 Å². The van der Waals surface area contributed by atoms with Crippen LogP contribution >= 0.6 is 0 Å². The molecule has 2 aliphatic heterocycles. The number of carbonyl (C=O) groups is 2. The number of hydrazine groups is 1. The molecule has 20 heavy (non-hydrogen) atoms. The molecule has 1 atom stereocenters. The lowest BCUT2D eigenvalue weighted by Gasteiger charge is -2.24. The van der Waals surface area contributed by atoms with Gasteiger partial charge in [0.1, 0.15) is 6.23 Å². The smallest absolute Gasteiger partial charge is 0.419 e. The van der Waals surface area contributed by atoms with Crippen molar-refractivity contribution in [2.24, 2.45) is 0 Å². The molecule has 2 heterocycles. The normalized spacial score (nSPS) is 23.1. The van der Waals surface area contributed by atoms with Crippen LogP contribution in [0.2, 0.25) is 0 Å². The second kappa shape index (κ2) is 9.34. The van der Waals surface area contributed by atoms with Crippen LogP contribution in [-0.4, -0.2) is 66.4 Å². The molecule has 0 aromatic heterocycles. The number of amides is 2. The maximum absolute atomic E-state index is 10.1. The van der Waals surface area contributed by atoms with Crippen LogP contribution in [0.1, 0.15) is 19.3 Å². The summed E-state index contributed by atoms with van der Waals surface area (Å²) in [4.78, 5) is 20.2. The fourth-order valence-electron chi connectivity index (χ4n) is 1.94. The number of hydrogen-bond acceptors (Lipinski definition) is 5. The summed E-state index contributed by atoms with van der Waals surface area (Å²) in [5.74, 6) is 0. The third-order valence-electron chi connectivity index (χ3n) is 2.82. The number of ether oxygens (including phenoxy) is 1. The predicted octanol–water partition coefficient (Wildman–Crippen LogP) is -0.145. The molecule has 2 aliphatic rings. The molecule has 2 amide bonds. The Morgan fingerprint density at radius 2 is 1.85 bits per heavy atom. The number of hydrogen-bond donors (Lipinski definition) is 5. The summed E-state index contributed by atoms with van der Waals surface area (Å²) >= 11 is 0. The Kier molecular flexibility index (Phi) is 7.70. The van der Waals surface area contributed by atoms with Crippen LogP contribution in [0, 0.1) is 0 Å². The first-order valence-electron chi connectivity index (χ1n) is 6.64. The molecule has 0 bridgehead atoms. The quantitative estimate of drug-likeness (QED) is 0.479. The van der Waals surface area contributed by atoms with Gasteiger partial charge in [0.25, 0.3) is 0 Å². The molecule has 5 N–H and O–H groups in total. The predicted molar refractivity (Wildman–Crippen MR) is 70.4 cm³/mol. The van der Waals surface area contributed by atoms with E-state index in [9.17, 15) is 9.59 Å². The van der Waals surface area contributed by atoms with Gasteiger partial charge in [-0.25, -0.2) is 14.6 Å². The molecule has 0 aliphatic carbocycles. The van der Waals surface area contributed by atoms with E-state index in [1.807, 2.05) is 0 Å². The second-order valence-electron chi connectivity index (χ2n) is 4.48. The van der Waals surface area contributed by atoms with Crippen LogP contribution in [0.4, 0.5) is 9.59 Å². The highest BCUT2D eigenvalue weighted by molar-refractivity contribution is 5.64. The minimum Gasteiger partial charge on any atom is -0.465 e. The summed E-state index contributed by atoms with van der Waals surface area (Å²) in [6.45, 7) is 3.60. The van der Waals surface area contributed by atoms with Crippen LogP contribution in [0.5, 0.6) is 0 Å². The van der Waals surface area contributed by atoms with Crippen LogP contribution in [-0.2, 0) is 4.74 Å². The van der Waals surface area contributed by atoms with Gasteiger partial charge in [-0.3, -0.25) is 10.7 Å². The minimum atomic E-state index is -1.05. The summed E-state index contributed by atoms with van der Waals surface area (Å²) in [5, 5.41) is 23.5. The van der Waals surface area contributed by atoms with Crippen molar-refractivity contribution in [2.75, 3.05) is 32.8 Å². The summed E-state index contributed by atoms with van der Waals surface area (Å²) in [5.41, 5.74) is 2.33. The van der Waals surface area contributed by atoms with Crippen molar-refractivity contribution in [3.8, 4) is 0 Å². The van der Waals surface area contributed by atoms with Crippen molar-refractivity contribution >= 4 is 12.2 Å². The van der Waals surface area contributed by atoms with Crippen molar-refractivity contribution in [3.63, 3.8) is 0 Å². The van der Waals surface area contributed by atoms with E-state index in [4.69, 9.17) is 14.9 Å². The SMILES string of the molecule is O=C(O)NC1CNCCO1.O=C(O)NN1CCCCC1. The molecular formula is C11H22N4O5. The fraction of sp³-hybridized carbons (Fsp3) is 0.818. The Labute approximate surface area is 117 Å². The molecule has 2 saturated heterocycles. The Hall–Kier alpha value is -1.58. The molecule has 116 valence electrons. The Balaban J connectivity index is 0.000000200. The molecule has 2 fully saturated rings. The maximum Gasteiger partial charge on any atom is 0.419 e.